The molecule has 0 spiro atoms. The van der Waals surface area contributed by atoms with Crippen LogP contribution in [0.25, 0.3) is 0 Å². The fourth-order valence-electron chi connectivity index (χ4n) is 2.88. The van der Waals surface area contributed by atoms with E-state index in [-0.39, 0.29) is 4.90 Å². The third-order valence-electron chi connectivity index (χ3n) is 4.07. The molecule has 0 bridgehead atoms. The molecule has 7 heteroatoms. The number of fused-ring (bicyclic) bond motifs is 1. The van der Waals surface area contributed by atoms with E-state index in [2.05, 4.69) is 4.72 Å². The molecule has 0 aliphatic heterocycles. The lowest BCUT2D eigenvalue weighted by Crippen LogP contribution is -2.28. The molecule has 1 aliphatic rings. The zero-order chi connectivity index (χ0) is 17.3. The maximum absolute atomic E-state index is 13.8. The Bertz CT molecular complexity index is 895. The van der Waals surface area contributed by atoms with Gasteiger partial charge in [-0.15, -0.1) is 0 Å². The van der Waals surface area contributed by atoms with E-state index < -0.39 is 27.9 Å². The number of benzene rings is 2. The Morgan fingerprint density at radius 3 is 2.71 bits per heavy atom. The Hall–Kier alpha value is -2.25. The van der Waals surface area contributed by atoms with Gasteiger partial charge >= 0.3 is 5.97 Å². The maximum atomic E-state index is 13.8. The quantitative estimate of drug-likeness (QED) is 0.861. The predicted molar refractivity (Wildman–Crippen MR) is 85.6 cm³/mol. The molecule has 0 saturated carbocycles. The second kappa shape index (κ2) is 6.33. The lowest BCUT2D eigenvalue weighted by Gasteiger charge is -2.15. The Kier molecular flexibility index (Phi) is 4.38. The Balaban J connectivity index is 1.92. The predicted octanol–water partition coefficient (Wildman–Crippen LogP) is 2.58. The van der Waals surface area contributed by atoms with Gasteiger partial charge in [0.25, 0.3) is 0 Å². The van der Waals surface area contributed by atoms with Gasteiger partial charge in [-0.05, 0) is 48.2 Å². The first-order chi connectivity index (χ1) is 11.4. The number of hydrogen-bond acceptors (Lipinski definition) is 4. The van der Waals surface area contributed by atoms with Crippen LogP contribution in [0.1, 0.15) is 33.9 Å². The van der Waals surface area contributed by atoms with Gasteiger partial charge in [-0.3, -0.25) is 0 Å². The van der Waals surface area contributed by atoms with Crippen LogP contribution in [0.3, 0.4) is 0 Å². The van der Waals surface area contributed by atoms with Gasteiger partial charge in [0.2, 0.25) is 10.0 Å². The molecule has 0 fully saturated rings. The fourth-order valence-corrected chi connectivity index (χ4v) is 4.21. The molecule has 0 aromatic heterocycles. The Labute approximate surface area is 139 Å². The summed E-state index contributed by atoms with van der Waals surface area (Å²) in [5, 5.41) is 0. The molecule has 2 aromatic rings. The van der Waals surface area contributed by atoms with E-state index in [0.717, 1.165) is 17.2 Å². The normalized spacial score (nSPS) is 16.7. The van der Waals surface area contributed by atoms with Crippen LogP contribution in [-0.2, 0) is 21.2 Å². The maximum Gasteiger partial charge on any atom is 0.337 e. The number of carbonyl (C=O) groups is 1. The van der Waals surface area contributed by atoms with Crippen LogP contribution in [0.5, 0.6) is 0 Å². The smallest absolute Gasteiger partial charge is 0.337 e. The van der Waals surface area contributed by atoms with Gasteiger partial charge in [-0.2, -0.15) is 0 Å². The number of esters is 1. The molecule has 2 aromatic carbocycles. The summed E-state index contributed by atoms with van der Waals surface area (Å²) in [6.45, 7) is 0. The summed E-state index contributed by atoms with van der Waals surface area (Å²) in [6, 6.07) is 9.79. The van der Waals surface area contributed by atoms with E-state index in [0.29, 0.717) is 18.4 Å². The van der Waals surface area contributed by atoms with Crippen LogP contribution >= 0.6 is 0 Å². The summed E-state index contributed by atoms with van der Waals surface area (Å²) in [4.78, 5) is 11.3. The molecule has 0 amide bonds. The molecule has 24 heavy (non-hydrogen) atoms. The zero-order valence-electron chi connectivity index (χ0n) is 13.0. The molecule has 1 atom stereocenters. The van der Waals surface area contributed by atoms with E-state index in [4.69, 9.17) is 4.74 Å². The van der Waals surface area contributed by atoms with Crippen molar-refractivity contribution < 1.29 is 22.3 Å². The van der Waals surface area contributed by atoms with E-state index in [1.165, 1.54) is 25.3 Å². The van der Waals surface area contributed by atoms with Crippen LogP contribution in [0.4, 0.5) is 4.39 Å². The molecule has 1 N–H and O–H groups in total. The standard InChI is InChI=1S/C17H16FNO4S/c1-23-17(20)12-7-6-11-8-9-15(13(11)10-12)19-24(21,22)16-5-3-2-4-14(16)18/h2-7,10,15,19H,8-9H2,1H3. The lowest BCUT2D eigenvalue weighted by atomic mass is 10.0. The van der Waals surface area contributed by atoms with Crippen molar-refractivity contribution in [2.75, 3.05) is 7.11 Å². The summed E-state index contributed by atoms with van der Waals surface area (Å²) < 4.78 is 45.9. The summed E-state index contributed by atoms with van der Waals surface area (Å²) >= 11 is 0. The summed E-state index contributed by atoms with van der Waals surface area (Å²) in [6.07, 6.45) is 1.23. The number of hydrogen-bond donors (Lipinski definition) is 1. The first-order valence-corrected chi connectivity index (χ1v) is 8.88. The Morgan fingerprint density at radius 2 is 2.00 bits per heavy atom. The number of nitrogens with one attached hydrogen (secondary N) is 1. The van der Waals surface area contributed by atoms with Crippen molar-refractivity contribution in [2.45, 2.75) is 23.8 Å². The Morgan fingerprint density at radius 1 is 1.25 bits per heavy atom. The van der Waals surface area contributed by atoms with Crippen LogP contribution in [-0.4, -0.2) is 21.5 Å². The minimum Gasteiger partial charge on any atom is -0.465 e. The average molecular weight is 349 g/mol. The first-order valence-electron chi connectivity index (χ1n) is 7.40. The van der Waals surface area contributed by atoms with Crippen LogP contribution < -0.4 is 4.72 Å². The topological polar surface area (TPSA) is 72.5 Å². The molecule has 3 rings (SSSR count). The highest BCUT2D eigenvalue weighted by atomic mass is 32.2. The van der Waals surface area contributed by atoms with Gasteiger partial charge < -0.3 is 4.74 Å². The summed E-state index contributed by atoms with van der Waals surface area (Å²) in [7, 11) is -2.71. The number of methoxy groups -OCH3 is 1. The first kappa shape index (κ1) is 16.6. The molecule has 0 radical (unpaired) electrons. The molecule has 0 saturated heterocycles. The third-order valence-corrected chi connectivity index (χ3v) is 5.57. The second-order valence-electron chi connectivity index (χ2n) is 5.55. The fraction of sp³-hybridized carbons (Fsp3) is 0.235. The molecular weight excluding hydrogens is 333 g/mol. The molecular formula is C17H16FNO4S. The molecule has 5 nitrogen and oxygen atoms in total. The van der Waals surface area contributed by atoms with Gasteiger partial charge in [0.05, 0.1) is 12.7 Å². The number of sulfonamides is 1. The molecule has 1 unspecified atom stereocenters. The van der Waals surface area contributed by atoms with Gasteiger partial charge in [0, 0.05) is 6.04 Å². The van der Waals surface area contributed by atoms with Gasteiger partial charge in [0.15, 0.2) is 0 Å². The molecule has 0 heterocycles. The SMILES string of the molecule is COC(=O)c1ccc2c(c1)C(NS(=O)(=O)c1ccccc1F)CC2. The highest BCUT2D eigenvalue weighted by Crippen LogP contribution is 2.33. The third kappa shape index (κ3) is 3.05. The number of carbonyl (C=O) groups excluding carboxylic acids is 1. The van der Waals surface area contributed by atoms with Gasteiger partial charge in [-0.1, -0.05) is 18.2 Å². The zero-order valence-corrected chi connectivity index (χ0v) is 13.8. The highest BCUT2D eigenvalue weighted by molar-refractivity contribution is 7.89. The van der Waals surface area contributed by atoms with Crippen LogP contribution in [0.2, 0.25) is 0 Å². The van der Waals surface area contributed by atoms with E-state index in [9.17, 15) is 17.6 Å². The lowest BCUT2D eigenvalue weighted by molar-refractivity contribution is 0.0600. The van der Waals surface area contributed by atoms with Gasteiger partial charge in [0.1, 0.15) is 10.7 Å². The summed E-state index contributed by atoms with van der Waals surface area (Å²) in [5.41, 5.74) is 2.04. The van der Waals surface area contributed by atoms with Crippen molar-refractivity contribution in [2.24, 2.45) is 0 Å². The minimum absolute atomic E-state index is 0.355. The van der Waals surface area contributed by atoms with Crippen LogP contribution in [0, 0.1) is 5.82 Å². The minimum atomic E-state index is -4.00. The molecule has 126 valence electrons. The van der Waals surface area contributed by atoms with Crippen molar-refractivity contribution in [1.82, 2.24) is 4.72 Å². The number of rotatable bonds is 4. The number of aryl methyl sites for hydroxylation is 1. The summed E-state index contributed by atoms with van der Waals surface area (Å²) in [5.74, 6) is -1.29. The highest BCUT2D eigenvalue weighted by Gasteiger charge is 2.29. The monoisotopic (exact) mass is 349 g/mol. The van der Waals surface area contributed by atoms with Crippen molar-refractivity contribution in [1.29, 1.82) is 0 Å². The number of ether oxygens (including phenoxy) is 1. The molecule has 1 aliphatic carbocycles. The average Bonchev–Trinajstić information content (AvgIpc) is 2.96. The van der Waals surface area contributed by atoms with Crippen molar-refractivity contribution in [3.63, 3.8) is 0 Å². The van der Waals surface area contributed by atoms with Crippen molar-refractivity contribution >= 4 is 16.0 Å². The van der Waals surface area contributed by atoms with Gasteiger partial charge in [-0.25, -0.2) is 22.3 Å². The number of halogens is 1. The van der Waals surface area contributed by atoms with E-state index in [1.807, 2.05) is 0 Å². The van der Waals surface area contributed by atoms with E-state index >= 15 is 0 Å². The van der Waals surface area contributed by atoms with Crippen molar-refractivity contribution in [3.05, 3.63) is 65.0 Å². The second-order valence-corrected chi connectivity index (χ2v) is 7.23. The van der Waals surface area contributed by atoms with Crippen LogP contribution in [0.15, 0.2) is 47.4 Å². The largest absolute Gasteiger partial charge is 0.465 e. The van der Waals surface area contributed by atoms with Crippen molar-refractivity contribution in [3.8, 4) is 0 Å². The van der Waals surface area contributed by atoms with E-state index in [1.54, 1.807) is 18.2 Å².